The molecule has 0 amide bonds. The molecule has 0 atom stereocenters. The highest BCUT2D eigenvalue weighted by molar-refractivity contribution is 5.71. The molecule has 1 aliphatic carbocycles. The van der Waals surface area contributed by atoms with Crippen LogP contribution >= 0.6 is 0 Å². The minimum Gasteiger partial charge on any atom is -0.481 e. The Hall–Kier alpha value is -1.35. The molecule has 1 fully saturated rings. The number of carboxylic acids is 1. The molecule has 1 aromatic carbocycles. The first kappa shape index (κ1) is 10.2. The maximum absolute atomic E-state index is 10.6. The molecule has 0 unspecified atom stereocenters. The average molecular weight is 206 g/mol. The standard InChI is InChI=1S/C12H14O3/c13-11(14)10-7-12(15,8-10)6-9-4-2-1-3-5-9/h1-5,10,15H,6-8H2,(H,13,14). The summed E-state index contributed by atoms with van der Waals surface area (Å²) in [6.07, 6.45) is 1.30. The molecule has 1 aromatic rings. The molecule has 0 spiro atoms. The molecule has 3 heteroatoms. The second-order valence-electron chi connectivity index (χ2n) is 4.33. The third-order valence-electron chi connectivity index (χ3n) is 2.98. The van der Waals surface area contributed by atoms with E-state index in [0.717, 1.165) is 5.56 Å². The van der Waals surface area contributed by atoms with Crippen molar-refractivity contribution in [3.8, 4) is 0 Å². The van der Waals surface area contributed by atoms with Crippen molar-refractivity contribution in [3.63, 3.8) is 0 Å². The summed E-state index contributed by atoms with van der Waals surface area (Å²) < 4.78 is 0. The third-order valence-corrected chi connectivity index (χ3v) is 2.98. The fourth-order valence-electron chi connectivity index (χ4n) is 2.15. The van der Waals surface area contributed by atoms with Crippen molar-refractivity contribution < 1.29 is 15.0 Å². The molecule has 3 nitrogen and oxygen atoms in total. The van der Waals surface area contributed by atoms with Crippen LogP contribution in [0.2, 0.25) is 0 Å². The van der Waals surface area contributed by atoms with Crippen molar-refractivity contribution >= 4 is 5.97 Å². The summed E-state index contributed by atoms with van der Waals surface area (Å²) in [6.45, 7) is 0. The van der Waals surface area contributed by atoms with E-state index in [4.69, 9.17) is 5.11 Å². The van der Waals surface area contributed by atoms with Gasteiger partial charge in [-0.3, -0.25) is 4.79 Å². The van der Waals surface area contributed by atoms with E-state index >= 15 is 0 Å². The number of carboxylic acid groups (broad SMARTS) is 1. The maximum Gasteiger partial charge on any atom is 0.306 e. The lowest BCUT2D eigenvalue weighted by Gasteiger charge is -2.41. The van der Waals surface area contributed by atoms with Crippen molar-refractivity contribution in [1.82, 2.24) is 0 Å². The van der Waals surface area contributed by atoms with Gasteiger partial charge < -0.3 is 10.2 Å². The number of aliphatic carboxylic acids is 1. The molecule has 0 aliphatic heterocycles. The lowest BCUT2D eigenvalue weighted by molar-refractivity contribution is -0.158. The second kappa shape index (κ2) is 3.66. The first-order valence-corrected chi connectivity index (χ1v) is 5.08. The van der Waals surface area contributed by atoms with Crippen LogP contribution in [-0.4, -0.2) is 21.8 Å². The van der Waals surface area contributed by atoms with Gasteiger partial charge in [0.2, 0.25) is 0 Å². The van der Waals surface area contributed by atoms with Gasteiger partial charge in [-0.15, -0.1) is 0 Å². The highest BCUT2D eigenvalue weighted by Gasteiger charge is 2.45. The monoisotopic (exact) mass is 206 g/mol. The number of aliphatic hydroxyl groups is 1. The smallest absolute Gasteiger partial charge is 0.306 e. The zero-order chi connectivity index (χ0) is 10.9. The molecule has 1 saturated carbocycles. The largest absolute Gasteiger partial charge is 0.481 e. The van der Waals surface area contributed by atoms with Crippen LogP contribution < -0.4 is 0 Å². The Morgan fingerprint density at radius 2 is 1.93 bits per heavy atom. The van der Waals surface area contributed by atoms with Crippen LogP contribution in [0.5, 0.6) is 0 Å². The molecule has 0 heterocycles. The van der Waals surface area contributed by atoms with E-state index in [1.54, 1.807) is 0 Å². The molecular weight excluding hydrogens is 192 g/mol. The highest BCUT2D eigenvalue weighted by Crippen LogP contribution is 2.40. The summed E-state index contributed by atoms with van der Waals surface area (Å²) in [6, 6.07) is 9.67. The number of rotatable bonds is 3. The normalized spacial score (nSPS) is 29.5. The van der Waals surface area contributed by atoms with Crippen molar-refractivity contribution in [2.24, 2.45) is 5.92 Å². The van der Waals surface area contributed by atoms with Gasteiger partial charge in [-0.25, -0.2) is 0 Å². The first-order chi connectivity index (χ1) is 7.09. The Kier molecular flexibility index (Phi) is 2.49. The van der Waals surface area contributed by atoms with E-state index < -0.39 is 11.6 Å². The molecule has 0 saturated heterocycles. The van der Waals surface area contributed by atoms with E-state index in [0.29, 0.717) is 19.3 Å². The van der Waals surface area contributed by atoms with Gasteiger partial charge in [-0.2, -0.15) is 0 Å². The Bertz CT molecular complexity index is 352. The highest BCUT2D eigenvalue weighted by atomic mass is 16.4. The van der Waals surface area contributed by atoms with Crippen LogP contribution in [0.25, 0.3) is 0 Å². The van der Waals surface area contributed by atoms with Crippen LogP contribution in [0.15, 0.2) is 30.3 Å². The predicted octanol–water partition coefficient (Wildman–Crippen LogP) is 1.45. The van der Waals surface area contributed by atoms with Crippen molar-refractivity contribution in [2.45, 2.75) is 24.9 Å². The quantitative estimate of drug-likeness (QED) is 0.787. The van der Waals surface area contributed by atoms with E-state index in [9.17, 15) is 9.90 Å². The Balaban J connectivity index is 1.95. The fourth-order valence-corrected chi connectivity index (χ4v) is 2.15. The van der Waals surface area contributed by atoms with Gasteiger partial charge in [0.15, 0.2) is 0 Å². The van der Waals surface area contributed by atoms with Crippen LogP contribution in [0.1, 0.15) is 18.4 Å². The van der Waals surface area contributed by atoms with Gasteiger partial charge in [-0.05, 0) is 18.4 Å². The molecule has 80 valence electrons. The van der Waals surface area contributed by atoms with Gasteiger partial charge in [0.1, 0.15) is 0 Å². The maximum atomic E-state index is 10.6. The lowest BCUT2D eigenvalue weighted by atomic mass is 9.68. The summed E-state index contributed by atoms with van der Waals surface area (Å²) in [5, 5.41) is 18.7. The van der Waals surface area contributed by atoms with Gasteiger partial charge in [0, 0.05) is 6.42 Å². The molecule has 2 N–H and O–H groups in total. The number of benzene rings is 1. The summed E-state index contributed by atoms with van der Waals surface area (Å²) >= 11 is 0. The van der Waals surface area contributed by atoms with Crippen LogP contribution in [0.3, 0.4) is 0 Å². The van der Waals surface area contributed by atoms with Gasteiger partial charge in [0.05, 0.1) is 11.5 Å². The third kappa shape index (κ3) is 2.18. The fraction of sp³-hybridized carbons (Fsp3) is 0.417. The Morgan fingerprint density at radius 1 is 1.33 bits per heavy atom. The average Bonchev–Trinajstić information content (AvgIpc) is 2.15. The summed E-state index contributed by atoms with van der Waals surface area (Å²) in [7, 11) is 0. The van der Waals surface area contributed by atoms with E-state index in [-0.39, 0.29) is 5.92 Å². The Labute approximate surface area is 88.4 Å². The molecular formula is C12H14O3. The van der Waals surface area contributed by atoms with Crippen molar-refractivity contribution in [2.75, 3.05) is 0 Å². The minimum atomic E-state index is -0.801. The van der Waals surface area contributed by atoms with E-state index in [1.807, 2.05) is 30.3 Å². The molecule has 1 aliphatic rings. The molecule has 2 rings (SSSR count). The number of hydrogen-bond donors (Lipinski definition) is 2. The second-order valence-corrected chi connectivity index (χ2v) is 4.33. The minimum absolute atomic E-state index is 0.362. The van der Waals surface area contributed by atoms with Gasteiger partial charge in [-0.1, -0.05) is 30.3 Å². The summed E-state index contributed by atoms with van der Waals surface area (Å²) in [5.74, 6) is -1.16. The summed E-state index contributed by atoms with van der Waals surface area (Å²) in [5.41, 5.74) is 0.258. The summed E-state index contributed by atoms with van der Waals surface area (Å²) in [4.78, 5) is 10.6. The van der Waals surface area contributed by atoms with E-state index in [1.165, 1.54) is 0 Å². The van der Waals surface area contributed by atoms with Crippen LogP contribution in [0, 0.1) is 5.92 Å². The SMILES string of the molecule is O=C(O)C1CC(O)(Cc2ccccc2)C1. The Morgan fingerprint density at radius 3 is 2.47 bits per heavy atom. The number of hydrogen-bond acceptors (Lipinski definition) is 2. The zero-order valence-electron chi connectivity index (χ0n) is 8.39. The van der Waals surface area contributed by atoms with Gasteiger partial charge in [0.25, 0.3) is 0 Å². The van der Waals surface area contributed by atoms with Crippen LogP contribution in [0.4, 0.5) is 0 Å². The number of carbonyl (C=O) groups is 1. The topological polar surface area (TPSA) is 57.5 Å². The van der Waals surface area contributed by atoms with Crippen LogP contribution in [-0.2, 0) is 11.2 Å². The molecule has 0 bridgehead atoms. The van der Waals surface area contributed by atoms with Gasteiger partial charge >= 0.3 is 5.97 Å². The molecule has 15 heavy (non-hydrogen) atoms. The predicted molar refractivity (Wildman–Crippen MR) is 55.5 cm³/mol. The lowest BCUT2D eigenvalue weighted by Crippen LogP contribution is -2.48. The first-order valence-electron chi connectivity index (χ1n) is 5.08. The van der Waals surface area contributed by atoms with Crippen molar-refractivity contribution in [1.29, 1.82) is 0 Å². The zero-order valence-corrected chi connectivity index (χ0v) is 8.39. The molecule has 0 radical (unpaired) electrons. The van der Waals surface area contributed by atoms with Crippen molar-refractivity contribution in [3.05, 3.63) is 35.9 Å². The molecule has 0 aromatic heterocycles. The van der Waals surface area contributed by atoms with E-state index in [2.05, 4.69) is 0 Å².